The summed E-state index contributed by atoms with van der Waals surface area (Å²) in [7, 11) is 0. The van der Waals surface area contributed by atoms with E-state index >= 15 is 0 Å². The summed E-state index contributed by atoms with van der Waals surface area (Å²) in [5.41, 5.74) is 0.789. The van der Waals surface area contributed by atoms with E-state index in [1.165, 1.54) is 19.3 Å². The first-order valence-electron chi connectivity index (χ1n) is 7.44. The third kappa shape index (κ3) is 3.41. The quantitative estimate of drug-likeness (QED) is 0.829. The lowest BCUT2D eigenvalue weighted by atomic mass is 10.1. The number of nitrogens with one attached hydrogen (secondary N) is 2. The molecule has 1 unspecified atom stereocenters. The third-order valence-corrected chi connectivity index (χ3v) is 4.91. The smallest absolute Gasteiger partial charge is 0.283 e. The van der Waals surface area contributed by atoms with Crippen molar-refractivity contribution in [1.82, 2.24) is 15.1 Å². The van der Waals surface area contributed by atoms with E-state index in [1.54, 1.807) is 10.9 Å². The molecule has 20 heavy (non-hydrogen) atoms. The average Bonchev–Trinajstić information content (AvgIpc) is 3.11. The van der Waals surface area contributed by atoms with Gasteiger partial charge in [-0.3, -0.25) is 4.79 Å². The van der Waals surface area contributed by atoms with Crippen LogP contribution in [0.1, 0.15) is 25.7 Å². The lowest BCUT2D eigenvalue weighted by Gasteiger charge is -2.12. The fourth-order valence-corrected chi connectivity index (χ4v) is 3.08. The van der Waals surface area contributed by atoms with Gasteiger partial charge in [-0.15, -0.1) is 0 Å². The summed E-state index contributed by atoms with van der Waals surface area (Å²) >= 11 is 3.41. The van der Waals surface area contributed by atoms with E-state index in [9.17, 15) is 4.79 Å². The van der Waals surface area contributed by atoms with Gasteiger partial charge in [-0.1, -0.05) is 0 Å². The molecule has 6 heteroatoms. The van der Waals surface area contributed by atoms with Crippen molar-refractivity contribution in [1.29, 1.82) is 0 Å². The molecule has 2 aliphatic rings. The maximum absolute atomic E-state index is 12.2. The summed E-state index contributed by atoms with van der Waals surface area (Å²) in [5, 5.41) is 11.0. The largest absolute Gasteiger partial charge is 0.383 e. The zero-order chi connectivity index (χ0) is 13.9. The lowest BCUT2D eigenvalue weighted by Crippen LogP contribution is -2.25. The number of anilines is 1. The van der Waals surface area contributed by atoms with Crippen molar-refractivity contribution in [3.8, 4) is 0 Å². The fourth-order valence-electron chi connectivity index (χ4n) is 2.64. The van der Waals surface area contributed by atoms with Crippen LogP contribution < -0.4 is 16.2 Å². The minimum absolute atomic E-state index is 0.0237. The molecule has 0 radical (unpaired) electrons. The van der Waals surface area contributed by atoms with Crippen molar-refractivity contribution in [3.63, 3.8) is 0 Å². The van der Waals surface area contributed by atoms with E-state index in [2.05, 4.69) is 31.7 Å². The number of nitrogens with zero attached hydrogens (tertiary/aromatic N) is 2. The van der Waals surface area contributed by atoms with Gasteiger partial charge in [0.25, 0.3) is 5.56 Å². The van der Waals surface area contributed by atoms with Crippen LogP contribution in [0, 0.1) is 11.8 Å². The van der Waals surface area contributed by atoms with E-state index in [4.69, 9.17) is 0 Å². The lowest BCUT2D eigenvalue weighted by molar-refractivity contribution is 0.530. The average molecular weight is 341 g/mol. The summed E-state index contributed by atoms with van der Waals surface area (Å²) in [4.78, 5) is 12.2. The highest BCUT2D eigenvalue weighted by atomic mass is 79.9. The Kier molecular flexibility index (Phi) is 4.41. The number of hydrogen-bond acceptors (Lipinski definition) is 4. The van der Waals surface area contributed by atoms with Gasteiger partial charge in [-0.25, -0.2) is 4.68 Å². The minimum atomic E-state index is -0.0237. The third-order valence-electron chi connectivity index (χ3n) is 4.14. The molecule has 110 valence electrons. The molecular weight excluding hydrogens is 320 g/mol. The van der Waals surface area contributed by atoms with Crippen LogP contribution in [0.5, 0.6) is 0 Å². The molecule has 1 saturated heterocycles. The minimum Gasteiger partial charge on any atom is -0.383 e. The topological polar surface area (TPSA) is 59.0 Å². The first kappa shape index (κ1) is 14.1. The molecule has 1 atom stereocenters. The highest BCUT2D eigenvalue weighted by Crippen LogP contribution is 2.30. The van der Waals surface area contributed by atoms with E-state index in [1.807, 2.05) is 0 Å². The Morgan fingerprint density at radius 1 is 1.40 bits per heavy atom. The molecule has 2 heterocycles. The van der Waals surface area contributed by atoms with Crippen molar-refractivity contribution in [2.75, 3.05) is 25.0 Å². The van der Waals surface area contributed by atoms with Crippen molar-refractivity contribution in [2.24, 2.45) is 11.8 Å². The Labute approximate surface area is 127 Å². The molecule has 1 aromatic rings. The second-order valence-corrected chi connectivity index (χ2v) is 6.67. The van der Waals surface area contributed by atoms with Gasteiger partial charge >= 0.3 is 0 Å². The zero-order valence-corrected chi connectivity index (χ0v) is 13.2. The maximum atomic E-state index is 12.2. The Balaban J connectivity index is 1.58. The normalized spacial score (nSPS) is 22.1. The molecule has 0 bridgehead atoms. The van der Waals surface area contributed by atoms with E-state index in [-0.39, 0.29) is 5.56 Å². The predicted molar refractivity (Wildman–Crippen MR) is 83.0 cm³/mol. The van der Waals surface area contributed by atoms with Crippen LogP contribution in [0.4, 0.5) is 5.69 Å². The van der Waals surface area contributed by atoms with Gasteiger partial charge in [0, 0.05) is 13.1 Å². The molecule has 2 N–H and O–H groups in total. The van der Waals surface area contributed by atoms with Gasteiger partial charge in [0.05, 0.1) is 11.9 Å². The summed E-state index contributed by atoms with van der Waals surface area (Å²) in [5.74, 6) is 1.41. The SMILES string of the molecule is O=c1c(Br)c(NCCC2CCNC2)cnn1CC1CC1. The van der Waals surface area contributed by atoms with Crippen LogP contribution in [-0.2, 0) is 6.54 Å². The summed E-state index contributed by atoms with van der Waals surface area (Å²) in [6, 6.07) is 0. The van der Waals surface area contributed by atoms with Crippen molar-refractivity contribution in [3.05, 3.63) is 21.0 Å². The van der Waals surface area contributed by atoms with Crippen molar-refractivity contribution >= 4 is 21.6 Å². The van der Waals surface area contributed by atoms with Gasteiger partial charge in [-0.2, -0.15) is 5.10 Å². The molecule has 3 rings (SSSR count). The van der Waals surface area contributed by atoms with Gasteiger partial charge in [0.15, 0.2) is 0 Å². The summed E-state index contributed by atoms with van der Waals surface area (Å²) in [6.45, 7) is 3.89. The second kappa shape index (κ2) is 6.26. The molecule has 0 aromatic carbocycles. The summed E-state index contributed by atoms with van der Waals surface area (Å²) in [6.07, 6.45) is 6.60. The molecule has 0 amide bonds. The first-order chi connectivity index (χ1) is 9.74. The Morgan fingerprint density at radius 2 is 2.25 bits per heavy atom. The Bertz CT molecular complexity index is 520. The molecular formula is C14H21BrN4O. The van der Waals surface area contributed by atoms with Gasteiger partial charge in [0.1, 0.15) is 4.47 Å². The predicted octanol–water partition coefficient (Wildman–Crippen LogP) is 1.83. The van der Waals surface area contributed by atoms with E-state index in [0.717, 1.165) is 44.2 Å². The highest BCUT2D eigenvalue weighted by Gasteiger charge is 2.23. The zero-order valence-electron chi connectivity index (χ0n) is 11.6. The molecule has 5 nitrogen and oxygen atoms in total. The number of rotatable bonds is 6. The molecule has 1 aromatic heterocycles. The van der Waals surface area contributed by atoms with Crippen molar-refractivity contribution < 1.29 is 0 Å². The van der Waals surface area contributed by atoms with Crippen LogP contribution in [0.2, 0.25) is 0 Å². The van der Waals surface area contributed by atoms with Crippen LogP contribution in [0.3, 0.4) is 0 Å². The standard InChI is InChI=1S/C14H21BrN4O/c15-13-12(17-6-4-10-3-5-16-7-10)8-18-19(14(13)20)9-11-1-2-11/h8,10-11,16-17H,1-7,9H2. The maximum Gasteiger partial charge on any atom is 0.283 e. The molecule has 1 aliphatic heterocycles. The molecule has 1 saturated carbocycles. The van der Waals surface area contributed by atoms with Crippen LogP contribution in [-0.4, -0.2) is 29.4 Å². The second-order valence-electron chi connectivity index (χ2n) is 5.88. The Morgan fingerprint density at radius 3 is 2.95 bits per heavy atom. The molecule has 2 fully saturated rings. The van der Waals surface area contributed by atoms with Crippen LogP contribution in [0.25, 0.3) is 0 Å². The van der Waals surface area contributed by atoms with Crippen molar-refractivity contribution in [2.45, 2.75) is 32.2 Å². The fraction of sp³-hybridized carbons (Fsp3) is 0.714. The van der Waals surface area contributed by atoms with E-state index < -0.39 is 0 Å². The number of aromatic nitrogens is 2. The molecule has 1 aliphatic carbocycles. The highest BCUT2D eigenvalue weighted by molar-refractivity contribution is 9.10. The van der Waals surface area contributed by atoms with Gasteiger partial charge in [0.2, 0.25) is 0 Å². The van der Waals surface area contributed by atoms with Crippen LogP contribution in [0.15, 0.2) is 15.5 Å². The van der Waals surface area contributed by atoms with E-state index in [0.29, 0.717) is 10.4 Å². The molecule has 0 spiro atoms. The Hall–Kier alpha value is -0.880. The monoisotopic (exact) mass is 340 g/mol. The van der Waals surface area contributed by atoms with Crippen LogP contribution >= 0.6 is 15.9 Å². The van der Waals surface area contributed by atoms with Gasteiger partial charge < -0.3 is 10.6 Å². The number of hydrogen-bond donors (Lipinski definition) is 2. The number of halogens is 1. The first-order valence-corrected chi connectivity index (χ1v) is 8.23. The van der Waals surface area contributed by atoms with Gasteiger partial charge in [-0.05, 0) is 66.5 Å². The summed E-state index contributed by atoms with van der Waals surface area (Å²) < 4.78 is 2.19.